The zero-order chi connectivity index (χ0) is 22.0. The second-order valence-electron chi connectivity index (χ2n) is 7.58. The molecular formula is C25H22ClN3O2. The first-order valence-electron chi connectivity index (χ1n) is 10.0. The third-order valence-corrected chi connectivity index (χ3v) is 5.42. The van der Waals surface area contributed by atoms with E-state index in [2.05, 4.69) is 16.5 Å². The lowest BCUT2D eigenvalue weighted by Gasteiger charge is -2.13. The molecule has 0 unspecified atom stereocenters. The molecule has 156 valence electrons. The van der Waals surface area contributed by atoms with E-state index in [4.69, 9.17) is 11.6 Å². The SMILES string of the molecule is Cc1ccc(C)c(-c2nn(CC(=O)NCc3cccc(Cl)c3)c(=O)c3ccccc23)c1. The number of hydrogen-bond donors (Lipinski definition) is 1. The van der Waals surface area contributed by atoms with Gasteiger partial charge in [-0.1, -0.05) is 59.6 Å². The number of fused-ring (bicyclic) bond motifs is 1. The normalized spacial score (nSPS) is 10.9. The van der Waals surface area contributed by atoms with Gasteiger partial charge >= 0.3 is 0 Å². The number of rotatable bonds is 5. The van der Waals surface area contributed by atoms with Gasteiger partial charge in [0.1, 0.15) is 6.54 Å². The smallest absolute Gasteiger partial charge is 0.275 e. The maximum absolute atomic E-state index is 13.0. The lowest BCUT2D eigenvalue weighted by molar-refractivity contribution is -0.122. The van der Waals surface area contributed by atoms with E-state index in [1.807, 2.05) is 56.3 Å². The topological polar surface area (TPSA) is 64.0 Å². The van der Waals surface area contributed by atoms with Gasteiger partial charge in [0.25, 0.3) is 5.56 Å². The molecule has 0 radical (unpaired) electrons. The van der Waals surface area contributed by atoms with Crippen LogP contribution < -0.4 is 10.9 Å². The first-order valence-corrected chi connectivity index (χ1v) is 10.4. The molecule has 1 heterocycles. The highest BCUT2D eigenvalue weighted by atomic mass is 35.5. The predicted molar refractivity (Wildman–Crippen MR) is 124 cm³/mol. The van der Waals surface area contributed by atoms with Gasteiger partial charge in [-0.15, -0.1) is 0 Å². The Kier molecular flexibility index (Phi) is 5.87. The van der Waals surface area contributed by atoms with E-state index in [1.54, 1.807) is 18.2 Å². The molecule has 0 saturated carbocycles. The summed E-state index contributed by atoms with van der Waals surface area (Å²) in [6.07, 6.45) is 0. The molecule has 4 rings (SSSR count). The van der Waals surface area contributed by atoms with Crippen molar-refractivity contribution >= 4 is 28.3 Å². The van der Waals surface area contributed by atoms with E-state index in [0.29, 0.717) is 22.6 Å². The van der Waals surface area contributed by atoms with Crippen molar-refractivity contribution in [2.75, 3.05) is 0 Å². The third-order valence-electron chi connectivity index (χ3n) is 5.19. The number of halogens is 1. The second kappa shape index (κ2) is 8.74. The van der Waals surface area contributed by atoms with Crippen LogP contribution in [0.1, 0.15) is 16.7 Å². The standard InChI is InChI=1S/C25H22ClN3O2/c1-16-10-11-17(2)22(12-16)24-20-8-3-4-9-21(20)25(31)29(28-24)15-23(30)27-14-18-6-5-7-19(26)13-18/h3-13H,14-15H2,1-2H3,(H,27,30). The van der Waals surface area contributed by atoms with Gasteiger partial charge in [-0.3, -0.25) is 9.59 Å². The molecule has 0 fully saturated rings. The fourth-order valence-electron chi connectivity index (χ4n) is 3.57. The van der Waals surface area contributed by atoms with Crippen LogP contribution >= 0.6 is 11.6 Å². The highest BCUT2D eigenvalue weighted by Gasteiger charge is 2.15. The first kappa shape index (κ1) is 20.8. The Hall–Kier alpha value is -3.44. The summed E-state index contributed by atoms with van der Waals surface area (Å²) >= 11 is 6.00. The quantitative estimate of drug-likeness (QED) is 0.500. The van der Waals surface area contributed by atoms with Crippen molar-refractivity contribution in [3.8, 4) is 11.3 Å². The number of hydrogen-bond acceptors (Lipinski definition) is 3. The molecule has 0 aliphatic rings. The third kappa shape index (κ3) is 4.52. The summed E-state index contributed by atoms with van der Waals surface area (Å²) in [5.41, 5.74) is 4.39. The molecule has 0 spiro atoms. The fraction of sp³-hybridized carbons (Fsp3) is 0.160. The molecule has 1 N–H and O–H groups in total. The Labute approximate surface area is 185 Å². The summed E-state index contributed by atoms with van der Waals surface area (Å²) in [7, 11) is 0. The first-order chi connectivity index (χ1) is 14.9. The van der Waals surface area contributed by atoms with Gasteiger partial charge in [0, 0.05) is 22.5 Å². The Bertz CT molecular complexity index is 1340. The number of nitrogens with zero attached hydrogens (tertiary/aromatic N) is 2. The Morgan fingerprint density at radius 2 is 1.77 bits per heavy atom. The van der Waals surface area contributed by atoms with Crippen LogP contribution in [0.3, 0.4) is 0 Å². The minimum Gasteiger partial charge on any atom is -0.350 e. The number of nitrogens with one attached hydrogen (secondary N) is 1. The van der Waals surface area contributed by atoms with Crippen molar-refractivity contribution < 1.29 is 4.79 Å². The van der Waals surface area contributed by atoms with E-state index >= 15 is 0 Å². The highest BCUT2D eigenvalue weighted by Crippen LogP contribution is 2.28. The number of aromatic nitrogens is 2. The maximum atomic E-state index is 13.0. The van der Waals surface area contributed by atoms with Crippen molar-refractivity contribution in [3.05, 3.63) is 98.8 Å². The Balaban J connectivity index is 1.69. The van der Waals surface area contributed by atoms with Gasteiger partial charge < -0.3 is 5.32 Å². The van der Waals surface area contributed by atoms with Crippen molar-refractivity contribution in [3.63, 3.8) is 0 Å². The molecule has 6 heteroatoms. The van der Waals surface area contributed by atoms with Crippen molar-refractivity contribution in [2.24, 2.45) is 0 Å². The molecule has 0 aliphatic carbocycles. The molecule has 3 aromatic carbocycles. The van der Waals surface area contributed by atoms with Gasteiger partial charge in [0.2, 0.25) is 5.91 Å². The van der Waals surface area contributed by atoms with E-state index in [-0.39, 0.29) is 18.0 Å². The number of carbonyl (C=O) groups is 1. The van der Waals surface area contributed by atoms with Crippen LogP contribution in [0.4, 0.5) is 0 Å². The van der Waals surface area contributed by atoms with Gasteiger partial charge in [0.05, 0.1) is 11.1 Å². The van der Waals surface area contributed by atoms with Crippen molar-refractivity contribution in [2.45, 2.75) is 26.9 Å². The van der Waals surface area contributed by atoms with Crippen LogP contribution in [0, 0.1) is 13.8 Å². The van der Waals surface area contributed by atoms with Crippen LogP contribution in [-0.4, -0.2) is 15.7 Å². The molecule has 0 bridgehead atoms. The number of carbonyl (C=O) groups excluding carboxylic acids is 1. The van der Waals surface area contributed by atoms with E-state index in [1.165, 1.54) is 4.68 Å². The van der Waals surface area contributed by atoms with Crippen LogP contribution in [0.15, 0.2) is 71.5 Å². The molecule has 31 heavy (non-hydrogen) atoms. The Morgan fingerprint density at radius 3 is 2.55 bits per heavy atom. The molecular weight excluding hydrogens is 410 g/mol. The van der Waals surface area contributed by atoms with E-state index < -0.39 is 0 Å². The van der Waals surface area contributed by atoms with Gasteiger partial charge in [-0.05, 0) is 49.2 Å². The number of amides is 1. The predicted octanol–water partition coefficient (Wildman–Crippen LogP) is 4.65. The molecule has 0 atom stereocenters. The van der Waals surface area contributed by atoms with Gasteiger partial charge in [0.15, 0.2) is 0 Å². The highest BCUT2D eigenvalue weighted by molar-refractivity contribution is 6.30. The van der Waals surface area contributed by atoms with Crippen LogP contribution in [0.5, 0.6) is 0 Å². The van der Waals surface area contributed by atoms with Crippen LogP contribution in [-0.2, 0) is 17.9 Å². The lowest BCUT2D eigenvalue weighted by Crippen LogP contribution is -2.33. The summed E-state index contributed by atoms with van der Waals surface area (Å²) in [4.78, 5) is 25.6. The number of benzene rings is 3. The lowest BCUT2D eigenvalue weighted by atomic mass is 9.99. The fourth-order valence-corrected chi connectivity index (χ4v) is 3.78. The van der Waals surface area contributed by atoms with Crippen molar-refractivity contribution in [1.82, 2.24) is 15.1 Å². The van der Waals surface area contributed by atoms with Gasteiger partial charge in [-0.2, -0.15) is 5.10 Å². The Morgan fingerprint density at radius 1 is 1.00 bits per heavy atom. The summed E-state index contributed by atoms with van der Waals surface area (Å²) < 4.78 is 1.24. The van der Waals surface area contributed by atoms with Crippen molar-refractivity contribution in [1.29, 1.82) is 0 Å². The van der Waals surface area contributed by atoms with E-state index in [0.717, 1.165) is 27.6 Å². The average Bonchev–Trinajstić information content (AvgIpc) is 2.76. The largest absolute Gasteiger partial charge is 0.350 e. The molecule has 0 aliphatic heterocycles. The summed E-state index contributed by atoms with van der Waals surface area (Å²) in [6, 6.07) is 20.8. The summed E-state index contributed by atoms with van der Waals surface area (Å²) in [5, 5.41) is 9.36. The van der Waals surface area contributed by atoms with E-state index in [9.17, 15) is 9.59 Å². The zero-order valence-electron chi connectivity index (χ0n) is 17.4. The number of aryl methyl sites for hydroxylation is 2. The van der Waals surface area contributed by atoms with Gasteiger partial charge in [-0.25, -0.2) is 4.68 Å². The van der Waals surface area contributed by atoms with Crippen LogP contribution in [0.25, 0.3) is 22.0 Å². The summed E-state index contributed by atoms with van der Waals surface area (Å²) in [6.45, 7) is 4.19. The monoisotopic (exact) mass is 431 g/mol. The molecule has 5 nitrogen and oxygen atoms in total. The zero-order valence-corrected chi connectivity index (χ0v) is 18.1. The molecule has 0 saturated heterocycles. The summed E-state index contributed by atoms with van der Waals surface area (Å²) in [5.74, 6) is -0.295. The second-order valence-corrected chi connectivity index (χ2v) is 8.02. The average molecular weight is 432 g/mol. The maximum Gasteiger partial charge on any atom is 0.275 e. The molecule has 1 aromatic heterocycles. The molecule has 1 amide bonds. The minimum absolute atomic E-state index is 0.165. The molecule has 4 aromatic rings. The van der Waals surface area contributed by atoms with Crippen LogP contribution in [0.2, 0.25) is 5.02 Å². The minimum atomic E-state index is -0.295.